The van der Waals surface area contributed by atoms with Gasteiger partial charge >= 0.3 is 6.03 Å². The number of nitrogens with zero attached hydrogens (tertiary/aromatic N) is 2. The highest BCUT2D eigenvalue weighted by atomic mass is 16.5. The maximum absolute atomic E-state index is 12.8. The average Bonchev–Trinajstić information content (AvgIpc) is 2.92. The molecule has 2 N–H and O–H groups in total. The number of carbonyl (C=O) groups is 3. The zero-order chi connectivity index (χ0) is 20.3. The van der Waals surface area contributed by atoms with Gasteiger partial charge in [0.05, 0.1) is 18.7 Å². The Morgan fingerprint density at radius 3 is 2.39 bits per heavy atom. The van der Waals surface area contributed by atoms with Crippen LogP contribution < -0.4 is 15.4 Å². The zero-order valence-electron chi connectivity index (χ0n) is 15.4. The number of nitriles is 1. The third-order valence-electron chi connectivity index (χ3n) is 4.54. The van der Waals surface area contributed by atoms with E-state index in [1.54, 1.807) is 55.5 Å². The fourth-order valence-corrected chi connectivity index (χ4v) is 2.93. The molecule has 28 heavy (non-hydrogen) atoms. The van der Waals surface area contributed by atoms with Crippen LogP contribution in [-0.2, 0) is 15.1 Å². The molecule has 0 saturated carbocycles. The lowest BCUT2D eigenvalue weighted by molar-refractivity contribution is -0.133. The Hall–Kier alpha value is -3.86. The smallest absolute Gasteiger partial charge is 0.325 e. The molecule has 0 aliphatic carbocycles. The van der Waals surface area contributed by atoms with Crippen molar-refractivity contribution in [3.05, 3.63) is 59.7 Å². The summed E-state index contributed by atoms with van der Waals surface area (Å²) in [6.07, 6.45) is 0. The number of urea groups is 1. The predicted molar refractivity (Wildman–Crippen MR) is 100 cm³/mol. The van der Waals surface area contributed by atoms with E-state index in [4.69, 9.17) is 10.00 Å². The molecule has 1 fully saturated rings. The van der Waals surface area contributed by atoms with E-state index in [9.17, 15) is 14.4 Å². The number of hydrogen-bond donors (Lipinski definition) is 2. The average molecular weight is 378 g/mol. The van der Waals surface area contributed by atoms with E-state index in [-0.39, 0.29) is 0 Å². The van der Waals surface area contributed by atoms with Gasteiger partial charge in [0, 0.05) is 5.69 Å². The number of amides is 4. The fraction of sp³-hybridized carbons (Fsp3) is 0.200. The van der Waals surface area contributed by atoms with Crippen LogP contribution in [0.25, 0.3) is 0 Å². The monoisotopic (exact) mass is 378 g/mol. The quantitative estimate of drug-likeness (QED) is 0.773. The number of benzene rings is 2. The van der Waals surface area contributed by atoms with Crippen molar-refractivity contribution in [2.24, 2.45) is 0 Å². The van der Waals surface area contributed by atoms with Gasteiger partial charge < -0.3 is 15.4 Å². The van der Waals surface area contributed by atoms with Crippen molar-refractivity contribution >= 4 is 23.5 Å². The second kappa shape index (κ2) is 7.40. The van der Waals surface area contributed by atoms with Crippen LogP contribution in [0, 0.1) is 11.3 Å². The molecule has 1 aliphatic rings. The van der Waals surface area contributed by atoms with Gasteiger partial charge in [-0.15, -0.1) is 0 Å². The summed E-state index contributed by atoms with van der Waals surface area (Å²) in [6.45, 7) is 1.15. The van der Waals surface area contributed by atoms with Gasteiger partial charge in [0.15, 0.2) is 0 Å². The maximum Gasteiger partial charge on any atom is 0.325 e. The number of rotatable bonds is 5. The molecule has 142 valence electrons. The van der Waals surface area contributed by atoms with E-state index in [1.807, 2.05) is 6.07 Å². The summed E-state index contributed by atoms with van der Waals surface area (Å²) in [7, 11) is 1.54. The summed E-state index contributed by atoms with van der Waals surface area (Å²) in [5.41, 5.74) is 0.196. The molecular weight excluding hydrogens is 360 g/mol. The minimum absolute atomic E-state index is 0.414. The Labute approximate surface area is 161 Å². The van der Waals surface area contributed by atoms with E-state index in [2.05, 4.69) is 10.6 Å². The van der Waals surface area contributed by atoms with Crippen molar-refractivity contribution in [1.29, 1.82) is 5.26 Å². The molecule has 0 radical (unpaired) electrons. The Morgan fingerprint density at radius 1 is 1.18 bits per heavy atom. The van der Waals surface area contributed by atoms with Crippen LogP contribution in [0.4, 0.5) is 10.5 Å². The van der Waals surface area contributed by atoms with Crippen molar-refractivity contribution in [1.82, 2.24) is 10.2 Å². The minimum Gasteiger partial charge on any atom is -0.497 e. The predicted octanol–water partition coefficient (Wildman–Crippen LogP) is 1.97. The molecule has 4 amide bonds. The van der Waals surface area contributed by atoms with Crippen LogP contribution in [0.3, 0.4) is 0 Å². The number of methoxy groups -OCH3 is 1. The zero-order valence-corrected chi connectivity index (χ0v) is 15.4. The highest BCUT2D eigenvalue weighted by molar-refractivity contribution is 6.10. The van der Waals surface area contributed by atoms with Crippen molar-refractivity contribution in [2.45, 2.75) is 12.5 Å². The third kappa shape index (κ3) is 3.50. The molecule has 1 heterocycles. The van der Waals surface area contributed by atoms with E-state index in [1.165, 1.54) is 7.11 Å². The second-order valence-corrected chi connectivity index (χ2v) is 6.41. The summed E-state index contributed by atoms with van der Waals surface area (Å²) < 4.78 is 5.05. The number of carbonyl (C=O) groups excluding carboxylic acids is 3. The Balaban J connectivity index is 1.71. The largest absolute Gasteiger partial charge is 0.497 e. The van der Waals surface area contributed by atoms with Gasteiger partial charge in [0.25, 0.3) is 5.91 Å². The molecule has 2 aromatic rings. The van der Waals surface area contributed by atoms with Gasteiger partial charge in [-0.3, -0.25) is 14.5 Å². The van der Waals surface area contributed by atoms with Crippen LogP contribution >= 0.6 is 0 Å². The van der Waals surface area contributed by atoms with Gasteiger partial charge in [-0.2, -0.15) is 5.26 Å². The fourth-order valence-electron chi connectivity index (χ4n) is 2.93. The summed E-state index contributed by atoms with van der Waals surface area (Å²) >= 11 is 0. The Morgan fingerprint density at radius 2 is 1.82 bits per heavy atom. The Kier molecular flexibility index (Phi) is 5.00. The molecule has 0 bridgehead atoms. The van der Waals surface area contributed by atoms with Crippen LogP contribution in [0.5, 0.6) is 5.75 Å². The molecule has 0 unspecified atom stereocenters. The van der Waals surface area contributed by atoms with E-state index >= 15 is 0 Å². The molecule has 2 aromatic carbocycles. The second-order valence-electron chi connectivity index (χ2n) is 6.41. The van der Waals surface area contributed by atoms with Crippen LogP contribution in [0.15, 0.2) is 48.5 Å². The van der Waals surface area contributed by atoms with Gasteiger partial charge in [0.1, 0.15) is 17.8 Å². The lowest BCUT2D eigenvalue weighted by Crippen LogP contribution is -2.42. The van der Waals surface area contributed by atoms with E-state index in [0.717, 1.165) is 4.90 Å². The van der Waals surface area contributed by atoms with Gasteiger partial charge in [0.2, 0.25) is 5.91 Å². The summed E-state index contributed by atoms with van der Waals surface area (Å²) in [5, 5.41) is 14.2. The van der Waals surface area contributed by atoms with Crippen molar-refractivity contribution < 1.29 is 19.1 Å². The van der Waals surface area contributed by atoms with E-state index in [0.29, 0.717) is 22.6 Å². The van der Waals surface area contributed by atoms with Crippen LogP contribution in [-0.4, -0.2) is 36.4 Å². The normalized spacial score (nSPS) is 18.4. The van der Waals surface area contributed by atoms with Gasteiger partial charge in [-0.25, -0.2) is 4.79 Å². The van der Waals surface area contributed by atoms with Crippen molar-refractivity contribution in [2.75, 3.05) is 19.0 Å². The minimum atomic E-state index is -1.30. The van der Waals surface area contributed by atoms with Crippen molar-refractivity contribution in [3.8, 4) is 11.8 Å². The maximum atomic E-state index is 12.8. The Bertz CT molecular complexity index is 963. The number of nitrogens with one attached hydrogen (secondary N) is 2. The molecular formula is C20H18N4O4. The first-order valence-corrected chi connectivity index (χ1v) is 8.46. The first-order valence-electron chi connectivity index (χ1n) is 8.46. The molecule has 8 heteroatoms. The molecule has 8 nitrogen and oxygen atoms in total. The number of anilines is 1. The SMILES string of the molecule is COc1ccc(NC(=O)CN2C(=O)N[C@@](C)(c3ccc(C#N)cc3)C2=O)cc1. The van der Waals surface area contributed by atoms with Crippen LogP contribution in [0.2, 0.25) is 0 Å². The topological polar surface area (TPSA) is 112 Å². The molecule has 0 aromatic heterocycles. The van der Waals surface area contributed by atoms with Crippen molar-refractivity contribution in [3.63, 3.8) is 0 Å². The lowest BCUT2D eigenvalue weighted by Gasteiger charge is -2.22. The molecule has 1 saturated heterocycles. The first-order chi connectivity index (χ1) is 13.4. The summed E-state index contributed by atoms with van der Waals surface area (Å²) in [6, 6.07) is 14.4. The highest BCUT2D eigenvalue weighted by Crippen LogP contribution is 2.29. The summed E-state index contributed by atoms with van der Waals surface area (Å²) in [4.78, 5) is 38.3. The first kappa shape index (κ1) is 18.9. The number of ether oxygens (including phenoxy) is 1. The van der Waals surface area contributed by atoms with Gasteiger partial charge in [-0.05, 0) is 48.9 Å². The lowest BCUT2D eigenvalue weighted by atomic mass is 9.91. The molecule has 1 atom stereocenters. The highest BCUT2D eigenvalue weighted by Gasteiger charge is 2.49. The standard InChI is InChI=1S/C20H18N4O4/c1-20(14-5-3-13(11-21)4-6-14)18(26)24(19(27)23-20)12-17(25)22-15-7-9-16(28-2)10-8-15/h3-10H,12H2,1-2H3,(H,22,25)(H,23,27)/t20-/m0/s1. The molecule has 0 spiro atoms. The molecule has 1 aliphatic heterocycles. The number of imide groups is 1. The number of hydrogen-bond acceptors (Lipinski definition) is 5. The van der Waals surface area contributed by atoms with Crippen LogP contribution in [0.1, 0.15) is 18.1 Å². The summed E-state index contributed by atoms with van der Waals surface area (Å²) in [5.74, 6) is -0.393. The third-order valence-corrected chi connectivity index (χ3v) is 4.54. The van der Waals surface area contributed by atoms with E-state index < -0.39 is 29.9 Å². The van der Waals surface area contributed by atoms with Gasteiger partial charge in [-0.1, -0.05) is 12.1 Å². The molecule has 3 rings (SSSR count).